The van der Waals surface area contributed by atoms with E-state index in [1.807, 2.05) is 12.1 Å². The van der Waals surface area contributed by atoms with Gasteiger partial charge in [0.1, 0.15) is 5.75 Å². The van der Waals surface area contributed by atoms with Crippen molar-refractivity contribution in [2.24, 2.45) is 0 Å². The number of hydrogen-bond acceptors (Lipinski definition) is 5. The molecule has 8 heteroatoms. The van der Waals surface area contributed by atoms with Gasteiger partial charge in [0.15, 0.2) is 16.4 Å². The molecule has 0 N–H and O–H groups in total. The van der Waals surface area contributed by atoms with Crippen LogP contribution in [0.1, 0.15) is 44.9 Å². The van der Waals surface area contributed by atoms with Crippen molar-refractivity contribution in [2.45, 2.75) is 57.0 Å². The molecule has 158 valence electrons. The summed E-state index contributed by atoms with van der Waals surface area (Å²) in [4.78, 5) is 28.4. The molecule has 1 atom stereocenters. The number of anilines is 1. The third-order valence-corrected chi connectivity index (χ3v) is 7.94. The van der Waals surface area contributed by atoms with Crippen LogP contribution in [0.5, 0.6) is 5.75 Å². The smallest absolute Gasteiger partial charge is 0.261 e. The van der Waals surface area contributed by atoms with Crippen LogP contribution in [0.15, 0.2) is 24.3 Å². The molecular weight excluding hydrogens is 392 g/mol. The Kier molecular flexibility index (Phi) is 5.81. The number of ether oxygens (including phenoxy) is 1. The van der Waals surface area contributed by atoms with Crippen LogP contribution in [0.4, 0.5) is 5.69 Å². The molecule has 2 saturated heterocycles. The average Bonchev–Trinajstić information content (AvgIpc) is 3.43. The molecule has 1 saturated carbocycles. The second-order valence-corrected chi connectivity index (χ2v) is 10.5. The molecule has 2 heterocycles. The molecule has 7 nitrogen and oxygen atoms in total. The summed E-state index contributed by atoms with van der Waals surface area (Å²) in [5, 5.41) is 0. The van der Waals surface area contributed by atoms with Crippen LogP contribution in [0.3, 0.4) is 0 Å². The Morgan fingerprint density at radius 1 is 1.07 bits per heavy atom. The van der Waals surface area contributed by atoms with Crippen molar-refractivity contribution in [3.63, 3.8) is 0 Å². The van der Waals surface area contributed by atoms with Crippen molar-refractivity contribution in [2.75, 3.05) is 29.6 Å². The van der Waals surface area contributed by atoms with Gasteiger partial charge >= 0.3 is 0 Å². The maximum atomic E-state index is 13.0. The fourth-order valence-electron chi connectivity index (χ4n) is 4.75. The summed E-state index contributed by atoms with van der Waals surface area (Å²) in [7, 11) is -3.06. The molecule has 0 bridgehead atoms. The molecule has 0 aromatic heterocycles. The van der Waals surface area contributed by atoms with Crippen molar-refractivity contribution in [1.29, 1.82) is 0 Å². The van der Waals surface area contributed by atoms with Crippen LogP contribution in [0.2, 0.25) is 0 Å². The summed E-state index contributed by atoms with van der Waals surface area (Å²) in [6, 6.07) is 7.10. The molecule has 3 aliphatic rings. The Morgan fingerprint density at radius 3 is 2.38 bits per heavy atom. The number of sulfone groups is 1. The lowest BCUT2D eigenvalue weighted by atomic mass is 10.1. The SMILES string of the molecule is O=C1CCCN1c1ccc(OCC(=O)N(C2CCCC2)C2CCS(=O)(=O)C2)cc1. The number of carbonyl (C=O) groups excluding carboxylic acids is 2. The van der Waals surface area contributed by atoms with Gasteiger partial charge in [-0.25, -0.2) is 8.42 Å². The van der Waals surface area contributed by atoms with Gasteiger partial charge in [0, 0.05) is 30.7 Å². The quantitative estimate of drug-likeness (QED) is 0.704. The normalized spacial score (nSPS) is 24.2. The molecule has 1 aromatic rings. The van der Waals surface area contributed by atoms with E-state index in [-0.39, 0.29) is 42.0 Å². The second-order valence-electron chi connectivity index (χ2n) is 8.23. The minimum absolute atomic E-state index is 0.0633. The molecule has 0 radical (unpaired) electrons. The van der Waals surface area contributed by atoms with Gasteiger partial charge < -0.3 is 14.5 Å². The summed E-state index contributed by atoms with van der Waals surface area (Å²) >= 11 is 0. The van der Waals surface area contributed by atoms with Gasteiger partial charge in [0.2, 0.25) is 5.91 Å². The summed E-state index contributed by atoms with van der Waals surface area (Å²) < 4.78 is 29.6. The maximum Gasteiger partial charge on any atom is 0.261 e. The first-order valence-electron chi connectivity index (χ1n) is 10.5. The monoisotopic (exact) mass is 420 g/mol. The lowest BCUT2D eigenvalue weighted by Gasteiger charge is -2.34. The largest absolute Gasteiger partial charge is 0.484 e. The van der Waals surface area contributed by atoms with E-state index >= 15 is 0 Å². The van der Waals surface area contributed by atoms with Gasteiger partial charge in [-0.1, -0.05) is 12.8 Å². The first-order valence-corrected chi connectivity index (χ1v) is 12.3. The van der Waals surface area contributed by atoms with Gasteiger partial charge in [0.25, 0.3) is 5.91 Å². The summed E-state index contributed by atoms with van der Waals surface area (Å²) in [6.07, 6.45) is 5.99. The highest BCUT2D eigenvalue weighted by Gasteiger charge is 2.39. The minimum atomic E-state index is -3.06. The van der Waals surface area contributed by atoms with E-state index in [9.17, 15) is 18.0 Å². The zero-order chi connectivity index (χ0) is 20.4. The van der Waals surface area contributed by atoms with Crippen molar-refractivity contribution in [1.82, 2.24) is 4.90 Å². The molecule has 1 aliphatic carbocycles. The number of benzene rings is 1. The predicted octanol–water partition coefficient (Wildman–Crippen LogP) is 2.15. The Morgan fingerprint density at radius 2 is 1.79 bits per heavy atom. The van der Waals surface area contributed by atoms with Crippen LogP contribution in [0.25, 0.3) is 0 Å². The average molecular weight is 421 g/mol. The highest BCUT2D eigenvalue weighted by molar-refractivity contribution is 7.91. The second kappa shape index (κ2) is 8.34. The summed E-state index contributed by atoms with van der Waals surface area (Å²) in [6.45, 7) is 0.632. The highest BCUT2D eigenvalue weighted by atomic mass is 32.2. The van der Waals surface area contributed by atoms with E-state index in [1.165, 1.54) is 0 Å². The van der Waals surface area contributed by atoms with Crippen molar-refractivity contribution >= 4 is 27.3 Å². The molecule has 2 aliphatic heterocycles. The first kappa shape index (κ1) is 20.2. The molecule has 1 unspecified atom stereocenters. The Labute approximate surface area is 171 Å². The zero-order valence-electron chi connectivity index (χ0n) is 16.6. The number of carbonyl (C=O) groups is 2. The summed E-state index contributed by atoms with van der Waals surface area (Å²) in [5.74, 6) is 0.781. The molecule has 4 rings (SSSR count). The molecule has 2 amide bonds. The van der Waals surface area contributed by atoms with Crippen LogP contribution >= 0.6 is 0 Å². The summed E-state index contributed by atoms with van der Waals surface area (Å²) in [5.41, 5.74) is 0.843. The maximum absolute atomic E-state index is 13.0. The fourth-order valence-corrected chi connectivity index (χ4v) is 6.46. The van der Waals surface area contributed by atoms with E-state index < -0.39 is 9.84 Å². The third kappa shape index (κ3) is 4.57. The fraction of sp³-hybridized carbons (Fsp3) is 0.619. The lowest BCUT2D eigenvalue weighted by Crippen LogP contribution is -2.48. The third-order valence-electron chi connectivity index (χ3n) is 6.19. The molecule has 1 aromatic carbocycles. The minimum Gasteiger partial charge on any atom is -0.484 e. The van der Waals surface area contributed by atoms with E-state index in [4.69, 9.17) is 4.74 Å². The van der Waals surface area contributed by atoms with Gasteiger partial charge in [-0.2, -0.15) is 0 Å². The first-order chi connectivity index (χ1) is 13.9. The molecule has 3 fully saturated rings. The zero-order valence-corrected chi connectivity index (χ0v) is 17.4. The van der Waals surface area contributed by atoms with Crippen molar-refractivity contribution in [3.05, 3.63) is 24.3 Å². The van der Waals surface area contributed by atoms with Crippen LogP contribution < -0.4 is 9.64 Å². The molecular formula is C21H28N2O5S. The number of nitrogens with zero attached hydrogens (tertiary/aromatic N) is 2. The van der Waals surface area contributed by atoms with Gasteiger partial charge in [-0.3, -0.25) is 9.59 Å². The van der Waals surface area contributed by atoms with E-state index in [0.717, 1.165) is 44.3 Å². The van der Waals surface area contributed by atoms with Gasteiger partial charge in [-0.05, 0) is 49.9 Å². The topological polar surface area (TPSA) is 84.0 Å². The van der Waals surface area contributed by atoms with E-state index in [2.05, 4.69) is 0 Å². The van der Waals surface area contributed by atoms with Crippen LogP contribution in [-0.4, -0.2) is 61.9 Å². The number of hydrogen-bond donors (Lipinski definition) is 0. The molecule has 29 heavy (non-hydrogen) atoms. The lowest BCUT2D eigenvalue weighted by molar-refractivity contribution is -0.137. The van der Waals surface area contributed by atoms with Crippen molar-refractivity contribution in [3.8, 4) is 5.75 Å². The standard InChI is InChI=1S/C21H28N2O5S/c24-20-6-3-12-22(20)16-7-9-19(10-8-16)28-14-21(25)23(17-4-1-2-5-17)18-11-13-29(26,27)15-18/h7-10,17-18H,1-6,11-15H2. The van der Waals surface area contributed by atoms with Gasteiger partial charge in [-0.15, -0.1) is 0 Å². The van der Waals surface area contributed by atoms with E-state index in [1.54, 1.807) is 21.9 Å². The number of rotatable bonds is 6. The Bertz CT molecular complexity index is 862. The van der Waals surface area contributed by atoms with Crippen molar-refractivity contribution < 1.29 is 22.7 Å². The highest BCUT2D eigenvalue weighted by Crippen LogP contribution is 2.29. The van der Waals surface area contributed by atoms with Crippen LogP contribution in [0, 0.1) is 0 Å². The van der Waals surface area contributed by atoms with Gasteiger partial charge in [0.05, 0.1) is 11.5 Å². The Hall–Kier alpha value is -2.09. The Balaban J connectivity index is 1.39. The van der Waals surface area contributed by atoms with Crippen LogP contribution in [-0.2, 0) is 19.4 Å². The molecule has 0 spiro atoms. The van der Waals surface area contributed by atoms with E-state index in [0.29, 0.717) is 18.6 Å². The predicted molar refractivity (Wildman–Crippen MR) is 110 cm³/mol. The number of amides is 2.